The predicted octanol–water partition coefficient (Wildman–Crippen LogP) is 2.02. The highest BCUT2D eigenvalue weighted by Crippen LogP contribution is 2.10. The molecule has 0 N–H and O–H groups in total. The van der Waals surface area contributed by atoms with Crippen LogP contribution in [0.5, 0.6) is 0 Å². The molecule has 2 nitrogen and oxygen atoms in total. The van der Waals surface area contributed by atoms with E-state index < -0.39 is 8.56 Å². The highest BCUT2D eigenvalue weighted by atomic mass is 79.9. The fourth-order valence-corrected chi connectivity index (χ4v) is 2.75. The van der Waals surface area contributed by atoms with E-state index in [4.69, 9.17) is 8.85 Å². The smallest absolute Gasteiger partial charge is 0.368 e. The third-order valence-electron chi connectivity index (χ3n) is 2.15. The van der Waals surface area contributed by atoms with Crippen LogP contribution >= 0.6 is 15.9 Å². The monoisotopic (exact) mass is 260 g/mol. The van der Waals surface area contributed by atoms with Crippen molar-refractivity contribution in [1.82, 2.24) is 0 Å². The molecular weight excluding hydrogens is 248 g/mol. The van der Waals surface area contributed by atoms with Crippen LogP contribution in [0.1, 0.15) is 0 Å². The van der Waals surface area contributed by atoms with E-state index in [1.165, 1.54) is 0 Å². The minimum atomic E-state index is -2.12. The summed E-state index contributed by atoms with van der Waals surface area (Å²) < 4.78 is 11.9. The van der Waals surface area contributed by atoms with Gasteiger partial charge in [0.1, 0.15) is 0 Å². The summed E-state index contributed by atoms with van der Waals surface area (Å²) >= 11 is 3.39. The van der Waals surface area contributed by atoms with Gasteiger partial charge in [0.25, 0.3) is 0 Å². The highest BCUT2D eigenvalue weighted by Gasteiger charge is 2.31. The molecule has 0 amide bonds. The van der Waals surface area contributed by atoms with Gasteiger partial charge in [-0.25, -0.2) is 0 Å². The van der Waals surface area contributed by atoms with Crippen molar-refractivity contribution in [3.05, 3.63) is 28.7 Å². The Morgan fingerprint density at radius 1 is 1.08 bits per heavy atom. The van der Waals surface area contributed by atoms with E-state index in [1.54, 1.807) is 14.2 Å². The molecule has 13 heavy (non-hydrogen) atoms. The molecule has 0 saturated carbocycles. The summed E-state index contributed by atoms with van der Waals surface area (Å²) in [5.41, 5.74) is 0. The van der Waals surface area contributed by atoms with Crippen molar-refractivity contribution in [2.75, 3.05) is 14.2 Å². The van der Waals surface area contributed by atoms with Crippen molar-refractivity contribution >= 4 is 29.7 Å². The van der Waals surface area contributed by atoms with Crippen LogP contribution in [-0.4, -0.2) is 22.8 Å². The van der Waals surface area contributed by atoms with Crippen LogP contribution in [0.2, 0.25) is 6.55 Å². The molecule has 1 aromatic carbocycles. The van der Waals surface area contributed by atoms with E-state index in [9.17, 15) is 0 Å². The Morgan fingerprint density at radius 3 is 1.92 bits per heavy atom. The molecule has 0 fully saturated rings. The fourth-order valence-electron chi connectivity index (χ4n) is 1.07. The van der Waals surface area contributed by atoms with Gasteiger partial charge in [-0.15, -0.1) is 0 Å². The number of benzene rings is 1. The van der Waals surface area contributed by atoms with Crippen molar-refractivity contribution < 1.29 is 8.85 Å². The Hall–Kier alpha value is -0.163. The first-order valence-electron chi connectivity index (χ1n) is 3.99. The van der Waals surface area contributed by atoms with E-state index >= 15 is 0 Å². The summed E-state index contributed by atoms with van der Waals surface area (Å²) in [7, 11) is 1.27. The van der Waals surface area contributed by atoms with Gasteiger partial charge >= 0.3 is 8.56 Å². The first-order valence-corrected chi connectivity index (χ1v) is 7.09. The first kappa shape index (κ1) is 10.9. The third-order valence-corrected chi connectivity index (χ3v) is 5.62. The van der Waals surface area contributed by atoms with E-state index in [1.807, 2.05) is 30.8 Å². The summed E-state index contributed by atoms with van der Waals surface area (Å²) in [4.78, 5) is 0. The van der Waals surface area contributed by atoms with Gasteiger partial charge in [-0.1, -0.05) is 28.1 Å². The van der Waals surface area contributed by atoms with Crippen LogP contribution in [0, 0.1) is 0 Å². The van der Waals surface area contributed by atoms with Gasteiger partial charge in [-0.2, -0.15) is 0 Å². The maximum absolute atomic E-state index is 5.41. The van der Waals surface area contributed by atoms with Crippen LogP contribution < -0.4 is 5.19 Å². The minimum absolute atomic E-state index is 1.07. The predicted molar refractivity (Wildman–Crippen MR) is 59.4 cm³/mol. The second kappa shape index (κ2) is 4.37. The minimum Gasteiger partial charge on any atom is -0.394 e. The summed E-state index contributed by atoms with van der Waals surface area (Å²) in [5.74, 6) is 0. The second-order valence-electron chi connectivity index (χ2n) is 2.86. The van der Waals surface area contributed by atoms with Crippen LogP contribution in [0.4, 0.5) is 0 Å². The van der Waals surface area contributed by atoms with E-state index in [0.29, 0.717) is 0 Å². The fraction of sp³-hybridized carbons (Fsp3) is 0.333. The summed E-state index contributed by atoms with van der Waals surface area (Å²) in [6.07, 6.45) is 0. The molecule has 0 spiro atoms. The second-order valence-corrected chi connectivity index (χ2v) is 7.06. The lowest BCUT2D eigenvalue weighted by Gasteiger charge is -2.22. The van der Waals surface area contributed by atoms with Gasteiger partial charge in [-0.05, 0) is 23.9 Å². The molecule has 0 aliphatic carbocycles. The average molecular weight is 261 g/mol. The summed E-state index contributed by atoms with van der Waals surface area (Å²) in [6, 6.07) is 8.06. The van der Waals surface area contributed by atoms with Crippen LogP contribution in [0.15, 0.2) is 28.7 Å². The molecule has 4 heteroatoms. The van der Waals surface area contributed by atoms with Gasteiger partial charge in [0.05, 0.1) is 0 Å². The van der Waals surface area contributed by atoms with Gasteiger partial charge in [0.15, 0.2) is 0 Å². The molecular formula is C9H13BrO2Si. The highest BCUT2D eigenvalue weighted by molar-refractivity contribution is 9.10. The third kappa shape index (κ3) is 2.40. The maximum Gasteiger partial charge on any atom is 0.368 e. The zero-order valence-corrected chi connectivity index (χ0v) is 10.6. The average Bonchev–Trinajstić information content (AvgIpc) is 2.18. The maximum atomic E-state index is 5.41. The molecule has 1 rings (SSSR count). The molecule has 0 aliphatic heterocycles. The molecule has 0 unspecified atom stereocenters. The van der Waals surface area contributed by atoms with Gasteiger partial charge in [-0.3, -0.25) is 0 Å². The van der Waals surface area contributed by atoms with Crippen molar-refractivity contribution in [2.24, 2.45) is 0 Å². The lowest BCUT2D eigenvalue weighted by Crippen LogP contribution is -2.49. The van der Waals surface area contributed by atoms with Gasteiger partial charge in [0.2, 0.25) is 0 Å². The zero-order chi connectivity index (χ0) is 9.90. The molecule has 0 aliphatic rings. The summed E-state index contributed by atoms with van der Waals surface area (Å²) in [5, 5.41) is 1.14. The topological polar surface area (TPSA) is 18.5 Å². The molecule has 0 atom stereocenters. The van der Waals surface area contributed by atoms with E-state index in [2.05, 4.69) is 15.9 Å². The van der Waals surface area contributed by atoms with Gasteiger partial charge in [0, 0.05) is 18.7 Å². The standard InChI is InChI=1S/C9H13BrO2Si/c1-11-13(3,12-2)9-6-4-8(10)5-7-9/h4-7H,1-3H3. The molecule has 0 heterocycles. The Balaban J connectivity index is 2.99. The Bertz CT molecular complexity index is 269. The Kier molecular flexibility index (Phi) is 3.67. The lowest BCUT2D eigenvalue weighted by atomic mass is 10.4. The first-order chi connectivity index (χ1) is 6.12. The largest absolute Gasteiger partial charge is 0.394 e. The van der Waals surface area contributed by atoms with Crippen molar-refractivity contribution in [3.63, 3.8) is 0 Å². The number of halogens is 1. The summed E-state index contributed by atoms with van der Waals surface area (Å²) in [6.45, 7) is 2.02. The van der Waals surface area contributed by atoms with Crippen molar-refractivity contribution in [1.29, 1.82) is 0 Å². The van der Waals surface area contributed by atoms with Crippen LogP contribution in [0.3, 0.4) is 0 Å². The zero-order valence-electron chi connectivity index (χ0n) is 8.00. The normalized spacial score (nSPS) is 11.7. The molecule has 0 saturated heterocycles. The number of rotatable bonds is 3. The Morgan fingerprint density at radius 2 is 1.54 bits per heavy atom. The SMILES string of the molecule is CO[Si](C)(OC)c1ccc(Br)cc1. The molecule has 0 bridgehead atoms. The van der Waals surface area contributed by atoms with Gasteiger partial charge < -0.3 is 8.85 Å². The number of hydrogen-bond acceptors (Lipinski definition) is 2. The molecule has 0 radical (unpaired) electrons. The van der Waals surface area contributed by atoms with Crippen molar-refractivity contribution in [2.45, 2.75) is 6.55 Å². The van der Waals surface area contributed by atoms with Crippen LogP contribution in [-0.2, 0) is 8.85 Å². The van der Waals surface area contributed by atoms with Crippen LogP contribution in [0.25, 0.3) is 0 Å². The van der Waals surface area contributed by atoms with E-state index in [-0.39, 0.29) is 0 Å². The van der Waals surface area contributed by atoms with Crippen molar-refractivity contribution in [3.8, 4) is 0 Å². The quantitative estimate of drug-likeness (QED) is 0.775. The van der Waals surface area contributed by atoms with E-state index in [0.717, 1.165) is 9.66 Å². The molecule has 72 valence electrons. The lowest BCUT2D eigenvalue weighted by molar-refractivity contribution is 0.265. The molecule has 1 aromatic rings. The number of hydrogen-bond donors (Lipinski definition) is 0. The molecule has 0 aromatic heterocycles. The Labute approximate surface area is 88.2 Å².